The molecule has 0 fully saturated rings. The van der Waals surface area contributed by atoms with Gasteiger partial charge in [-0.15, -0.1) is 0 Å². The lowest BCUT2D eigenvalue weighted by Gasteiger charge is -2.11. The third-order valence-electron chi connectivity index (χ3n) is 3.05. The van der Waals surface area contributed by atoms with Crippen LogP contribution in [0, 0.1) is 11.6 Å². The molecule has 3 nitrogen and oxygen atoms in total. The van der Waals surface area contributed by atoms with Crippen LogP contribution in [0.4, 0.5) is 8.78 Å². The van der Waals surface area contributed by atoms with Gasteiger partial charge in [0.15, 0.2) is 0 Å². The molecule has 0 saturated carbocycles. The van der Waals surface area contributed by atoms with Gasteiger partial charge in [-0.3, -0.25) is 4.68 Å². The van der Waals surface area contributed by atoms with Crippen LogP contribution < -0.4 is 0 Å². The number of nitrogens with zero attached hydrogens (tertiary/aromatic N) is 2. The molecule has 0 aliphatic heterocycles. The van der Waals surface area contributed by atoms with Gasteiger partial charge in [-0.1, -0.05) is 6.92 Å². The molecule has 0 aliphatic carbocycles. The zero-order valence-electron chi connectivity index (χ0n) is 10.9. The average Bonchev–Trinajstić information content (AvgIpc) is 2.75. The highest BCUT2D eigenvalue weighted by Crippen LogP contribution is 2.23. The molecule has 2 aromatic rings. The predicted octanol–water partition coefficient (Wildman–Crippen LogP) is 2.54. The fourth-order valence-corrected chi connectivity index (χ4v) is 2.12. The second-order valence-electron chi connectivity index (χ2n) is 4.51. The molecule has 102 valence electrons. The number of aryl methyl sites for hydroxylation is 2. The third-order valence-corrected chi connectivity index (χ3v) is 3.05. The summed E-state index contributed by atoms with van der Waals surface area (Å²) in [4.78, 5) is 0. The highest BCUT2D eigenvalue weighted by molar-refractivity contribution is 5.25. The number of rotatable bonds is 4. The maximum Gasteiger partial charge on any atom is 0.126 e. The molecule has 1 N–H and O–H groups in total. The van der Waals surface area contributed by atoms with E-state index < -0.39 is 17.7 Å². The van der Waals surface area contributed by atoms with Crippen molar-refractivity contribution in [1.29, 1.82) is 0 Å². The van der Waals surface area contributed by atoms with Crippen molar-refractivity contribution in [1.82, 2.24) is 9.78 Å². The lowest BCUT2D eigenvalue weighted by Crippen LogP contribution is -2.05. The van der Waals surface area contributed by atoms with Gasteiger partial charge in [-0.2, -0.15) is 5.10 Å². The molecule has 1 aromatic carbocycles. The van der Waals surface area contributed by atoms with Crippen molar-refractivity contribution in [2.45, 2.75) is 25.9 Å². The minimum absolute atomic E-state index is 0.0300. The van der Waals surface area contributed by atoms with E-state index in [0.717, 1.165) is 23.9 Å². The topological polar surface area (TPSA) is 38.0 Å². The standard InChI is InChI=1S/C14H16F2N2O/c1-3-13-11(8-18(2)17-13)14(19)7-9-6-10(15)4-5-12(9)16/h4-6,8,14,19H,3,7H2,1-2H3. The number of hydrogen-bond acceptors (Lipinski definition) is 2. The average molecular weight is 266 g/mol. The molecule has 2 rings (SSSR count). The Morgan fingerprint density at radius 2 is 2.11 bits per heavy atom. The summed E-state index contributed by atoms with van der Waals surface area (Å²) >= 11 is 0. The van der Waals surface area contributed by atoms with E-state index in [1.165, 1.54) is 0 Å². The first-order valence-corrected chi connectivity index (χ1v) is 6.15. The number of aliphatic hydroxyl groups is 1. The molecule has 0 bridgehead atoms. The Morgan fingerprint density at radius 1 is 1.37 bits per heavy atom. The fraction of sp³-hybridized carbons (Fsp3) is 0.357. The first-order chi connectivity index (χ1) is 9.01. The second-order valence-corrected chi connectivity index (χ2v) is 4.51. The summed E-state index contributed by atoms with van der Waals surface area (Å²) in [5.41, 5.74) is 1.60. The van der Waals surface area contributed by atoms with Crippen molar-refractivity contribution >= 4 is 0 Å². The third kappa shape index (κ3) is 2.98. The van der Waals surface area contributed by atoms with Crippen LogP contribution >= 0.6 is 0 Å². The van der Waals surface area contributed by atoms with Gasteiger partial charge in [0.1, 0.15) is 11.6 Å². The zero-order valence-corrected chi connectivity index (χ0v) is 10.9. The van der Waals surface area contributed by atoms with Gasteiger partial charge in [-0.05, 0) is 30.2 Å². The number of benzene rings is 1. The predicted molar refractivity (Wildman–Crippen MR) is 67.6 cm³/mol. The highest BCUT2D eigenvalue weighted by atomic mass is 19.1. The van der Waals surface area contributed by atoms with Crippen LogP contribution in [0.3, 0.4) is 0 Å². The quantitative estimate of drug-likeness (QED) is 0.923. The zero-order chi connectivity index (χ0) is 14.0. The van der Waals surface area contributed by atoms with Crippen LogP contribution in [-0.2, 0) is 19.9 Å². The summed E-state index contributed by atoms with van der Waals surface area (Å²) in [5, 5.41) is 14.4. The molecular formula is C14H16F2N2O. The fourth-order valence-electron chi connectivity index (χ4n) is 2.12. The van der Waals surface area contributed by atoms with Crippen LogP contribution in [0.1, 0.15) is 29.8 Å². The van der Waals surface area contributed by atoms with Gasteiger partial charge in [0.2, 0.25) is 0 Å². The number of hydrogen-bond donors (Lipinski definition) is 1. The Hall–Kier alpha value is -1.75. The Balaban J connectivity index is 2.25. The van der Waals surface area contributed by atoms with E-state index in [1.807, 2.05) is 6.92 Å². The first kappa shape index (κ1) is 13.7. The molecule has 0 amide bonds. The second kappa shape index (κ2) is 5.48. The Morgan fingerprint density at radius 3 is 2.79 bits per heavy atom. The number of halogens is 2. The monoisotopic (exact) mass is 266 g/mol. The van der Waals surface area contributed by atoms with E-state index in [4.69, 9.17) is 0 Å². The van der Waals surface area contributed by atoms with E-state index in [-0.39, 0.29) is 12.0 Å². The Bertz CT molecular complexity index is 581. The van der Waals surface area contributed by atoms with Crippen molar-refractivity contribution in [2.24, 2.45) is 7.05 Å². The van der Waals surface area contributed by atoms with Gasteiger partial charge >= 0.3 is 0 Å². The van der Waals surface area contributed by atoms with Gasteiger partial charge in [-0.25, -0.2) is 8.78 Å². The lowest BCUT2D eigenvalue weighted by atomic mass is 10.0. The van der Waals surface area contributed by atoms with Crippen molar-refractivity contribution in [3.8, 4) is 0 Å². The van der Waals surface area contributed by atoms with E-state index in [1.54, 1.807) is 17.9 Å². The minimum atomic E-state index is -0.889. The van der Waals surface area contributed by atoms with Crippen molar-refractivity contribution in [2.75, 3.05) is 0 Å². The van der Waals surface area contributed by atoms with Crippen LogP contribution in [0.5, 0.6) is 0 Å². The van der Waals surface area contributed by atoms with Crippen molar-refractivity contribution in [3.63, 3.8) is 0 Å². The summed E-state index contributed by atoms with van der Waals surface area (Å²) < 4.78 is 28.2. The van der Waals surface area contributed by atoms with E-state index >= 15 is 0 Å². The number of aromatic nitrogens is 2. The summed E-state index contributed by atoms with van der Waals surface area (Å²) in [5.74, 6) is -1.02. The van der Waals surface area contributed by atoms with Crippen molar-refractivity contribution in [3.05, 3.63) is 52.9 Å². The van der Waals surface area contributed by atoms with Crippen LogP contribution in [0.2, 0.25) is 0 Å². The Kier molecular flexibility index (Phi) is 3.95. The van der Waals surface area contributed by atoms with Gasteiger partial charge in [0.05, 0.1) is 11.8 Å². The molecule has 1 aromatic heterocycles. The highest BCUT2D eigenvalue weighted by Gasteiger charge is 2.17. The van der Waals surface area contributed by atoms with Crippen LogP contribution in [0.15, 0.2) is 24.4 Å². The molecule has 19 heavy (non-hydrogen) atoms. The molecule has 1 heterocycles. The molecule has 1 atom stereocenters. The van der Waals surface area contributed by atoms with Crippen molar-refractivity contribution < 1.29 is 13.9 Å². The molecule has 0 radical (unpaired) electrons. The smallest absolute Gasteiger partial charge is 0.126 e. The molecule has 0 saturated heterocycles. The summed E-state index contributed by atoms with van der Waals surface area (Å²) in [6, 6.07) is 3.24. The first-order valence-electron chi connectivity index (χ1n) is 6.15. The maximum absolute atomic E-state index is 13.5. The molecule has 0 aliphatic rings. The van der Waals surface area contributed by atoms with E-state index in [0.29, 0.717) is 12.0 Å². The molecular weight excluding hydrogens is 250 g/mol. The Labute approximate surface area is 110 Å². The lowest BCUT2D eigenvalue weighted by molar-refractivity contribution is 0.176. The van der Waals surface area contributed by atoms with E-state index in [9.17, 15) is 13.9 Å². The summed E-state index contributed by atoms with van der Waals surface area (Å²) in [6.07, 6.45) is 1.53. The molecule has 0 spiro atoms. The van der Waals surface area contributed by atoms with Gasteiger partial charge in [0.25, 0.3) is 0 Å². The van der Waals surface area contributed by atoms with Gasteiger partial charge in [0, 0.05) is 25.2 Å². The van der Waals surface area contributed by atoms with Crippen LogP contribution in [-0.4, -0.2) is 14.9 Å². The minimum Gasteiger partial charge on any atom is -0.388 e. The summed E-state index contributed by atoms with van der Waals surface area (Å²) in [7, 11) is 1.76. The number of aliphatic hydroxyl groups excluding tert-OH is 1. The molecule has 1 unspecified atom stereocenters. The largest absolute Gasteiger partial charge is 0.388 e. The normalized spacial score (nSPS) is 12.7. The summed E-state index contributed by atoms with van der Waals surface area (Å²) in [6.45, 7) is 1.93. The molecule has 5 heteroatoms. The SMILES string of the molecule is CCc1nn(C)cc1C(O)Cc1cc(F)ccc1F. The van der Waals surface area contributed by atoms with Crippen LogP contribution in [0.25, 0.3) is 0 Å². The van der Waals surface area contributed by atoms with E-state index in [2.05, 4.69) is 5.10 Å². The maximum atomic E-state index is 13.5. The van der Waals surface area contributed by atoms with Gasteiger partial charge < -0.3 is 5.11 Å².